The van der Waals surface area contributed by atoms with Crippen molar-refractivity contribution in [3.05, 3.63) is 42.2 Å². The molecule has 0 amide bonds. The van der Waals surface area contributed by atoms with E-state index in [1.54, 1.807) is 13.3 Å². The summed E-state index contributed by atoms with van der Waals surface area (Å²) < 4.78 is 7.07. The highest BCUT2D eigenvalue weighted by molar-refractivity contribution is 5.49. The average Bonchev–Trinajstić information content (AvgIpc) is 2.95. The monoisotopic (exact) mass is 275 g/mol. The molecule has 0 bridgehead atoms. The van der Waals surface area contributed by atoms with Gasteiger partial charge in [-0.25, -0.2) is 0 Å². The second-order valence-corrected chi connectivity index (χ2v) is 4.96. The van der Waals surface area contributed by atoms with Crippen LogP contribution >= 0.6 is 0 Å². The number of nitrogens with one attached hydrogen (secondary N) is 1. The molecule has 1 atom stereocenters. The Kier molecular flexibility index (Phi) is 4.63. The number of aliphatic hydroxyl groups excluding tert-OH is 1. The van der Waals surface area contributed by atoms with Gasteiger partial charge in [0.05, 0.1) is 26.0 Å². The number of benzene rings is 1. The molecule has 2 N–H and O–H groups in total. The van der Waals surface area contributed by atoms with Gasteiger partial charge in [0, 0.05) is 29.6 Å². The molecule has 1 aromatic carbocycles. The molecule has 1 heterocycles. The first-order valence-corrected chi connectivity index (χ1v) is 6.69. The first-order chi connectivity index (χ1) is 9.63. The summed E-state index contributed by atoms with van der Waals surface area (Å²) >= 11 is 0. The van der Waals surface area contributed by atoms with Gasteiger partial charge in [-0.05, 0) is 26.0 Å². The number of methoxy groups -OCH3 is 1. The van der Waals surface area contributed by atoms with Gasteiger partial charge in [-0.15, -0.1) is 0 Å². The van der Waals surface area contributed by atoms with E-state index in [2.05, 4.69) is 24.3 Å². The SMILES string of the molecule is COc1cccc(NC(CO)c2cnn(C(C)C)c2)c1. The van der Waals surface area contributed by atoms with Crippen molar-refractivity contribution < 1.29 is 9.84 Å². The summed E-state index contributed by atoms with van der Waals surface area (Å²) in [7, 11) is 1.63. The number of aliphatic hydroxyl groups is 1. The lowest BCUT2D eigenvalue weighted by atomic mass is 10.1. The standard InChI is InChI=1S/C15H21N3O2/c1-11(2)18-9-12(8-16-18)15(10-19)17-13-5-4-6-14(7-13)20-3/h4-9,11,15,17,19H,10H2,1-3H3. The van der Waals surface area contributed by atoms with E-state index >= 15 is 0 Å². The molecule has 0 aliphatic carbocycles. The zero-order chi connectivity index (χ0) is 14.5. The maximum atomic E-state index is 9.58. The number of nitrogens with zero attached hydrogens (tertiary/aromatic N) is 2. The second kappa shape index (κ2) is 6.43. The maximum Gasteiger partial charge on any atom is 0.120 e. The fourth-order valence-electron chi connectivity index (χ4n) is 1.96. The minimum absolute atomic E-state index is 0.000990. The molecular weight excluding hydrogens is 254 g/mol. The normalized spacial score (nSPS) is 12.4. The van der Waals surface area contributed by atoms with Crippen molar-refractivity contribution in [2.75, 3.05) is 19.0 Å². The molecule has 0 saturated carbocycles. The summed E-state index contributed by atoms with van der Waals surface area (Å²) in [6.45, 7) is 4.14. The van der Waals surface area contributed by atoms with Gasteiger partial charge >= 0.3 is 0 Å². The molecule has 5 nitrogen and oxygen atoms in total. The molecule has 20 heavy (non-hydrogen) atoms. The van der Waals surface area contributed by atoms with E-state index in [9.17, 15) is 5.11 Å². The Morgan fingerprint density at radius 1 is 1.40 bits per heavy atom. The number of hydrogen-bond donors (Lipinski definition) is 2. The Bertz CT molecular complexity index is 552. The molecule has 0 radical (unpaired) electrons. The number of ether oxygens (including phenoxy) is 1. The lowest BCUT2D eigenvalue weighted by Crippen LogP contribution is -2.14. The summed E-state index contributed by atoms with van der Waals surface area (Å²) in [5.41, 5.74) is 1.87. The van der Waals surface area contributed by atoms with E-state index in [-0.39, 0.29) is 12.6 Å². The average molecular weight is 275 g/mol. The van der Waals surface area contributed by atoms with Gasteiger partial charge in [-0.1, -0.05) is 6.07 Å². The van der Waals surface area contributed by atoms with Crippen LogP contribution < -0.4 is 10.1 Å². The van der Waals surface area contributed by atoms with Crippen LogP contribution in [0.1, 0.15) is 31.5 Å². The van der Waals surface area contributed by atoms with E-state index < -0.39 is 0 Å². The highest BCUT2D eigenvalue weighted by atomic mass is 16.5. The second-order valence-electron chi connectivity index (χ2n) is 4.96. The fraction of sp³-hybridized carbons (Fsp3) is 0.400. The highest BCUT2D eigenvalue weighted by Crippen LogP contribution is 2.23. The van der Waals surface area contributed by atoms with Gasteiger partial charge < -0.3 is 15.2 Å². The first-order valence-electron chi connectivity index (χ1n) is 6.69. The molecule has 108 valence electrons. The first kappa shape index (κ1) is 14.4. The molecular formula is C15H21N3O2. The van der Waals surface area contributed by atoms with E-state index in [0.717, 1.165) is 17.0 Å². The predicted molar refractivity (Wildman–Crippen MR) is 79.1 cm³/mol. The Hall–Kier alpha value is -2.01. The third-order valence-electron chi connectivity index (χ3n) is 3.15. The molecule has 2 aromatic rings. The molecule has 0 aliphatic rings. The molecule has 1 unspecified atom stereocenters. The minimum atomic E-state index is -0.186. The van der Waals surface area contributed by atoms with Crippen LogP contribution in [0.15, 0.2) is 36.7 Å². The molecule has 0 saturated heterocycles. The van der Waals surface area contributed by atoms with Crippen LogP contribution in [0, 0.1) is 0 Å². The molecule has 1 aromatic heterocycles. The molecule has 0 spiro atoms. The Labute approximate surface area is 119 Å². The summed E-state index contributed by atoms with van der Waals surface area (Å²) in [6.07, 6.45) is 3.74. The smallest absolute Gasteiger partial charge is 0.120 e. The van der Waals surface area contributed by atoms with Crippen molar-refractivity contribution in [1.29, 1.82) is 0 Å². The maximum absolute atomic E-state index is 9.58. The third kappa shape index (κ3) is 3.30. The van der Waals surface area contributed by atoms with Gasteiger partial charge in [0.25, 0.3) is 0 Å². The van der Waals surface area contributed by atoms with Gasteiger partial charge in [-0.2, -0.15) is 5.10 Å². The van der Waals surface area contributed by atoms with Gasteiger partial charge in [0.1, 0.15) is 5.75 Å². The number of aromatic nitrogens is 2. The van der Waals surface area contributed by atoms with Crippen molar-refractivity contribution in [2.45, 2.75) is 25.9 Å². The van der Waals surface area contributed by atoms with Crippen molar-refractivity contribution in [2.24, 2.45) is 0 Å². The number of anilines is 1. The summed E-state index contributed by atoms with van der Waals surface area (Å²) in [5, 5.41) is 17.2. The zero-order valence-electron chi connectivity index (χ0n) is 12.1. The number of hydrogen-bond acceptors (Lipinski definition) is 4. The minimum Gasteiger partial charge on any atom is -0.497 e. The Morgan fingerprint density at radius 2 is 2.20 bits per heavy atom. The summed E-state index contributed by atoms with van der Waals surface area (Å²) in [4.78, 5) is 0. The van der Waals surface area contributed by atoms with E-state index in [1.807, 2.05) is 35.1 Å². The summed E-state index contributed by atoms with van der Waals surface area (Å²) in [6, 6.07) is 7.76. The fourth-order valence-corrected chi connectivity index (χ4v) is 1.96. The zero-order valence-corrected chi connectivity index (χ0v) is 12.1. The van der Waals surface area contributed by atoms with Gasteiger partial charge in [-0.3, -0.25) is 4.68 Å². The van der Waals surface area contributed by atoms with E-state index in [1.165, 1.54) is 0 Å². The topological polar surface area (TPSA) is 59.3 Å². The largest absolute Gasteiger partial charge is 0.497 e. The quantitative estimate of drug-likeness (QED) is 0.851. The highest BCUT2D eigenvalue weighted by Gasteiger charge is 2.13. The summed E-state index contributed by atoms with van der Waals surface area (Å²) in [5.74, 6) is 0.782. The molecule has 0 aliphatic heterocycles. The van der Waals surface area contributed by atoms with Gasteiger partial charge in [0.2, 0.25) is 0 Å². The van der Waals surface area contributed by atoms with E-state index in [0.29, 0.717) is 6.04 Å². The van der Waals surface area contributed by atoms with Crippen molar-refractivity contribution in [3.63, 3.8) is 0 Å². The number of rotatable bonds is 6. The van der Waals surface area contributed by atoms with Crippen LogP contribution in [-0.2, 0) is 0 Å². The van der Waals surface area contributed by atoms with E-state index in [4.69, 9.17) is 4.74 Å². The Balaban J connectivity index is 2.15. The third-order valence-corrected chi connectivity index (χ3v) is 3.15. The lowest BCUT2D eigenvalue weighted by molar-refractivity contribution is 0.276. The van der Waals surface area contributed by atoms with Crippen LogP contribution in [0.4, 0.5) is 5.69 Å². The molecule has 5 heteroatoms. The van der Waals surface area contributed by atoms with Crippen LogP contribution in [0.25, 0.3) is 0 Å². The van der Waals surface area contributed by atoms with Crippen LogP contribution in [-0.4, -0.2) is 28.6 Å². The predicted octanol–water partition coefficient (Wildman–Crippen LogP) is 2.62. The van der Waals surface area contributed by atoms with Crippen LogP contribution in [0.2, 0.25) is 0 Å². The molecule has 2 rings (SSSR count). The lowest BCUT2D eigenvalue weighted by Gasteiger charge is -2.16. The Morgan fingerprint density at radius 3 is 2.80 bits per heavy atom. The van der Waals surface area contributed by atoms with Crippen LogP contribution in [0.5, 0.6) is 5.75 Å². The van der Waals surface area contributed by atoms with Crippen molar-refractivity contribution >= 4 is 5.69 Å². The van der Waals surface area contributed by atoms with Crippen molar-refractivity contribution in [3.8, 4) is 5.75 Å². The van der Waals surface area contributed by atoms with Crippen LogP contribution in [0.3, 0.4) is 0 Å². The molecule has 0 fully saturated rings. The van der Waals surface area contributed by atoms with Crippen molar-refractivity contribution in [1.82, 2.24) is 9.78 Å². The van der Waals surface area contributed by atoms with Gasteiger partial charge in [0.15, 0.2) is 0 Å².